The van der Waals surface area contributed by atoms with E-state index in [1.165, 1.54) is 0 Å². The van der Waals surface area contributed by atoms with E-state index >= 15 is 0 Å². The lowest BCUT2D eigenvalue weighted by Crippen LogP contribution is -2.21. The van der Waals surface area contributed by atoms with Gasteiger partial charge in [0.25, 0.3) is 0 Å². The van der Waals surface area contributed by atoms with Crippen molar-refractivity contribution in [1.82, 2.24) is 0 Å². The number of fused-ring (bicyclic) bond motifs is 1. The maximum Gasteiger partial charge on any atom is 0.309 e. The van der Waals surface area contributed by atoms with E-state index in [-0.39, 0.29) is 24.6 Å². The van der Waals surface area contributed by atoms with E-state index in [2.05, 4.69) is 47.8 Å². The minimum atomic E-state index is -0.345. The number of ether oxygens (including phenoxy) is 6. The summed E-state index contributed by atoms with van der Waals surface area (Å²) in [5.41, 5.74) is 1.88. The van der Waals surface area contributed by atoms with E-state index in [1.54, 1.807) is 21.3 Å². The van der Waals surface area contributed by atoms with Gasteiger partial charge in [0.15, 0.2) is 23.0 Å². The van der Waals surface area contributed by atoms with Gasteiger partial charge in [-0.15, -0.1) is 0 Å². The Hall–Kier alpha value is -1.65. The predicted molar refractivity (Wildman–Crippen MR) is 127 cm³/mol. The van der Waals surface area contributed by atoms with Crippen LogP contribution in [0.15, 0.2) is 25.6 Å². The van der Waals surface area contributed by atoms with Crippen molar-refractivity contribution < 1.29 is 33.2 Å². The van der Waals surface area contributed by atoms with Gasteiger partial charge < -0.3 is 28.4 Å². The van der Waals surface area contributed by atoms with Crippen LogP contribution in [0.1, 0.15) is 11.1 Å². The molecule has 0 radical (unpaired) electrons. The molecule has 0 aliphatic carbocycles. The summed E-state index contributed by atoms with van der Waals surface area (Å²) in [7, 11) is 4.67. The second-order valence-electron chi connectivity index (χ2n) is 7.41. The highest BCUT2D eigenvalue weighted by Gasteiger charge is 2.39. The zero-order valence-corrected chi connectivity index (χ0v) is 22.4. The zero-order valence-electron chi connectivity index (χ0n) is 17.6. The van der Waals surface area contributed by atoms with Crippen LogP contribution in [-0.2, 0) is 22.4 Å². The fourth-order valence-corrected chi connectivity index (χ4v) is 6.23. The van der Waals surface area contributed by atoms with Crippen molar-refractivity contribution in [2.45, 2.75) is 12.8 Å². The smallest absolute Gasteiger partial charge is 0.309 e. The molecule has 0 unspecified atom stereocenters. The number of cyclic esters (lactones) is 1. The monoisotopic (exact) mass is 634 g/mol. The Labute approximate surface area is 211 Å². The number of hydrogen-bond donors (Lipinski definition) is 0. The molecule has 1 saturated heterocycles. The van der Waals surface area contributed by atoms with E-state index in [0.717, 1.165) is 15.6 Å². The van der Waals surface area contributed by atoms with Crippen LogP contribution in [0.4, 0.5) is 0 Å². The molecule has 1 fully saturated rings. The minimum Gasteiger partial charge on any atom is -0.492 e. The molecule has 2 atom stereocenters. The average molecular weight is 637 g/mol. The molecule has 0 saturated carbocycles. The van der Waals surface area contributed by atoms with Crippen molar-refractivity contribution in [2.75, 3.05) is 34.7 Å². The van der Waals surface area contributed by atoms with Gasteiger partial charge in [0, 0.05) is 10.4 Å². The molecule has 0 bridgehead atoms. The molecule has 0 amide bonds. The third-order valence-corrected chi connectivity index (χ3v) is 8.13. The van der Waals surface area contributed by atoms with E-state index in [9.17, 15) is 4.79 Å². The number of benzene rings is 2. The maximum absolute atomic E-state index is 12.7. The second kappa shape index (κ2) is 9.69. The number of methoxy groups -OCH3 is 3. The number of carbonyl (C=O) groups is 1. The Morgan fingerprint density at radius 2 is 1.47 bits per heavy atom. The summed E-state index contributed by atoms with van der Waals surface area (Å²) in [4.78, 5) is 12.7. The second-order valence-corrected chi connectivity index (χ2v) is 9.85. The first-order valence-corrected chi connectivity index (χ1v) is 12.2. The van der Waals surface area contributed by atoms with E-state index < -0.39 is 0 Å². The molecule has 0 N–H and O–H groups in total. The number of hydrogen-bond acceptors (Lipinski definition) is 7. The number of rotatable bonds is 7. The standard InChI is InChI=1S/C22H21Br3O7/c1-27-19-17(24)13(18(25)20(28-2)21(19)29-3)6-12-11(8-30-22(12)26)4-10-5-15-16(7-14(10)23)32-9-31-15/h5,7,11-12H,4,6,8-9H2,1-3H3/t11-,12+/m0/s1. The molecule has 2 aromatic rings. The Bertz CT molecular complexity index is 1030. The number of halogens is 3. The van der Waals surface area contributed by atoms with Crippen LogP contribution < -0.4 is 23.7 Å². The summed E-state index contributed by atoms with van der Waals surface area (Å²) in [6.45, 7) is 0.562. The van der Waals surface area contributed by atoms with Crippen LogP contribution in [0.3, 0.4) is 0 Å². The molecule has 0 spiro atoms. The Balaban J connectivity index is 1.66. The molecule has 0 aromatic heterocycles. The Morgan fingerprint density at radius 3 is 2.06 bits per heavy atom. The molecule has 2 aromatic carbocycles. The van der Waals surface area contributed by atoms with Crippen molar-refractivity contribution in [1.29, 1.82) is 0 Å². The van der Waals surface area contributed by atoms with Crippen molar-refractivity contribution >= 4 is 53.8 Å². The fraction of sp³-hybridized carbons (Fsp3) is 0.409. The highest BCUT2D eigenvalue weighted by atomic mass is 79.9. The molecule has 172 valence electrons. The quantitative estimate of drug-likeness (QED) is 0.382. The van der Waals surface area contributed by atoms with Crippen molar-refractivity contribution in [3.63, 3.8) is 0 Å². The molecule has 2 aliphatic heterocycles. The lowest BCUT2D eigenvalue weighted by Gasteiger charge is -2.22. The minimum absolute atomic E-state index is 0.0166. The molecule has 2 aliphatic rings. The van der Waals surface area contributed by atoms with Crippen LogP contribution in [0.2, 0.25) is 0 Å². The van der Waals surface area contributed by atoms with Crippen LogP contribution in [-0.4, -0.2) is 40.7 Å². The Morgan fingerprint density at radius 1 is 0.875 bits per heavy atom. The third-order valence-electron chi connectivity index (χ3n) is 5.71. The molecular formula is C22H21Br3O7. The largest absolute Gasteiger partial charge is 0.492 e. The molecule has 32 heavy (non-hydrogen) atoms. The van der Waals surface area contributed by atoms with Gasteiger partial charge in [-0.1, -0.05) is 15.9 Å². The molecule has 7 nitrogen and oxygen atoms in total. The van der Waals surface area contributed by atoms with E-state index in [0.29, 0.717) is 57.1 Å². The first kappa shape index (κ1) is 23.5. The van der Waals surface area contributed by atoms with Gasteiger partial charge in [0.1, 0.15) is 0 Å². The van der Waals surface area contributed by atoms with Crippen LogP contribution in [0.25, 0.3) is 0 Å². The molecule has 4 rings (SSSR count). The van der Waals surface area contributed by atoms with Crippen LogP contribution >= 0.6 is 47.8 Å². The van der Waals surface area contributed by atoms with Crippen molar-refractivity contribution in [3.05, 3.63) is 36.7 Å². The van der Waals surface area contributed by atoms with Gasteiger partial charge in [-0.3, -0.25) is 4.79 Å². The lowest BCUT2D eigenvalue weighted by atomic mass is 9.85. The van der Waals surface area contributed by atoms with Gasteiger partial charge in [-0.25, -0.2) is 0 Å². The van der Waals surface area contributed by atoms with Crippen molar-refractivity contribution in [2.24, 2.45) is 11.8 Å². The summed E-state index contributed by atoms with van der Waals surface area (Å²) >= 11 is 10.9. The van der Waals surface area contributed by atoms with Gasteiger partial charge in [-0.05, 0) is 68.0 Å². The van der Waals surface area contributed by atoms with Gasteiger partial charge in [-0.2, -0.15) is 0 Å². The van der Waals surface area contributed by atoms with Crippen molar-refractivity contribution in [3.8, 4) is 28.7 Å². The van der Waals surface area contributed by atoms with Crippen LogP contribution in [0, 0.1) is 11.8 Å². The van der Waals surface area contributed by atoms with Gasteiger partial charge >= 0.3 is 5.97 Å². The number of esters is 1. The van der Waals surface area contributed by atoms with E-state index in [1.807, 2.05) is 12.1 Å². The molecule has 2 heterocycles. The van der Waals surface area contributed by atoms with Crippen LogP contribution in [0.5, 0.6) is 28.7 Å². The number of carbonyl (C=O) groups excluding carboxylic acids is 1. The molecule has 10 heteroatoms. The average Bonchev–Trinajstić information content (AvgIpc) is 3.37. The topological polar surface area (TPSA) is 72.5 Å². The first-order chi connectivity index (χ1) is 15.4. The fourth-order valence-electron chi connectivity index (χ4n) is 4.08. The van der Waals surface area contributed by atoms with Gasteiger partial charge in [0.05, 0.1) is 42.8 Å². The highest BCUT2D eigenvalue weighted by molar-refractivity contribution is 9.11. The summed E-state index contributed by atoms with van der Waals surface area (Å²) in [5, 5.41) is 0. The lowest BCUT2D eigenvalue weighted by molar-refractivity contribution is -0.141. The third kappa shape index (κ3) is 4.17. The zero-order chi connectivity index (χ0) is 23.0. The normalized spacial score (nSPS) is 19.1. The summed E-state index contributed by atoms with van der Waals surface area (Å²) < 4.78 is 35.3. The Kier molecular flexibility index (Phi) is 7.11. The predicted octanol–water partition coefficient (Wildman–Crippen LogP) is 5.30. The summed E-state index contributed by atoms with van der Waals surface area (Å²) in [5.74, 6) is 2.31. The molecular weight excluding hydrogens is 616 g/mol. The van der Waals surface area contributed by atoms with Gasteiger partial charge in [0.2, 0.25) is 12.5 Å². The first-order valence-electron chi connectivity index (χ1n) is 9.80. The highest BCUT2D eigenvalue weighted by Crippen LogP contribution is 2.51. The SMILES string of the molecule is COc1c(Br)c(C[C@H]2C(=O)OC[C@@H]2Cc2cc3c(cc2Br)OCO3)c(Br)c(OC)c1OC. The summed E-state index contributed by atoms with van der Waals surface area (Å²) in [6, 6.07) is 3.86. The maximum atomic E-state index is 12.7. The summed E-state index contributed by atoms with van der Waals surface area (Å²) in [6.07, 6.45) is 1.08. The van der Waals surface area contributed by atoms with E-state index in [4.69, 9.17) is 28.4 Å².